The maximum Gasteiger partial charge on any atom is 0.236 e. The van der Waals surface area contributed by atoms with Gasteiger partial charge in [0.2, 0.25) is 5.91 Å². The average Bonchev–Trinajstić information content (AvgIpc) is 2.29. The minimum atomic E-state index is -0.215. The van der Waals surface area contributed by atoms with Gasteiger partial charge < -0.3 is 4.74 Å². The molecule has 0 unspecified atom stereocenters. The van der Waals surface area contributed by atoms with Crippen LogP contribution in [0.3, 0.4) is 0 Å². The van der Waals surface area contributed by atoms with Crippen LogP contribution in [0.15, 0.2) is 24.4 Å². The number of carbonyl (C=O) groups excluding carboxylic acids is 1. The van der Waals surface area contributed by atoms with Gasteiger partial charge in [0, 0.05) is 18.3 Å². The van der Waals surface area contributed by atoms with Crippen molar-refractivity contribution in [1.82, 2.24) is 10.4 Å². The van der Waals surface area contributed by atoms with E-state index in [4.69, 9.17) is 10.6 Å². The minimum Gasteiger partial charge on any atom is -0.381 e. The summed E-state index contributed by atoms with van der Waals surface area (Å²) >= 11 is 0. The van der Waals surface area contributed by atoms with Crippen LogP contribution in [0, 0.1) is 0 Å². The molecule has 1 heterocycles. The van der Waals surface area contributed by atoms with Crippen LogP contribution in [0.5, 0.6) is 0 Å². The summed E-state index contributed by atoms with van der Waals surface area (Å²) in [4.78, 5) is 14.9. The maximum absolute atomic E-state index is 10.7. The lowest BCUT2D eigenvalue weighted by Crippen LogP contribution is -2.30. The Morgan fingerprint density at radius 3 is 3.00 bits per heavy atom. The number of nitrogens with two attached hydrogens (primary N) is 1. The summed E-state index contributed by atoms with van der Waals surface area (Å²) in [6.45, 7) is 0.949. The Morgan fingerprint density at radius 1 is 1.47 bits per heavy atom. The first kappa shape index (κ1) is 11.6. The first-order chi connectivity index (χ1) is 7.33. The summed E-state index contributed by atoms with van der Waals surface area (Å²) in [5.41, 5.74) is 3.03. The third-order valence-corrected chi connectivity index (χ3v) is 1.86. The molecule has 0 aliphatic carbocycles. The number of pyridine rings is 1. The first-order valence-corrected chi connectivity index (χ1v) is 4.80. The van der Waals surface area contributed by atoms with E-state index in [0.29, 0.717) is 19.6 Å². The number of hydrogen-bond donors (Lipinski definition) is 2. The first-order valence-electron chi connectivity index (χ1n) is 4.80. The predicted octanol–water partition coefficient (Wildman–Crippen LogP) is 0.0207. The second-order valence-corrected chi connectivity index (χ2v) is 3.00. The second kappa shape index (κ2) is 6.92. The zero-order valence-corrected chi connectivity index (χ0v) is 8.48. The highest BCUT2D eigenvalue weighted by Crippen LogP contribution is 1.95. The highest BCUT2D eigenvalue weighted by atomic mass is 16.5. The molecule has 0 bridgehead atoms. The van der Waals surface area contributed by atoms with Crippen LogP contribution in [0.1, 0.15) is 12.1 Å². The summed E-state index contributed by atoms with van der Waals surface area (Å²) in [7, 11) is 0. The molecule has 82 valence electrons. The van der Waals surface area contributed by atoms with Crippen LogP contribution in [0.25, 0.3) is 0 Å². The molecule has 0 atom stereocenters. The number of hydrogen-bond acceptors (Lipinski definition) is 4. The average molecular weight is 209 g/mol. The van der Waals surface area contributed by atoms with Gasteiger partial charge in [-0.1, -0.05) is 6.07 Å². The number of rotatable bonds is 6. The number of carbonyl (C=O) groups is 1. The van der Waals surface area contributed by atoms with Crippen molar-refractivity contribution in [3.05, 3.63) is 30.1 Å². The number of nitrogens with one attached hydrogen (secondary N) is 1. The minimum absolute atomic E-state index is 0.215. The van der Waals surface area contributed by atoms with E-state index in [2.05, 4.69) is 4.98 Å². The van der Waals surface area contributed by atoms with E-state index in [1.807, 2.05) is 23.6 Å². The molecule has 15 heavy (non-hydrogen) atoms. The van der Waals surface area contributed by atoms with Gasteiger partial charge in [-0.05, 0) is 12.1 Å². The van der Waals surface area contributed by atoms with Gasteiger partial charge in [-0.25, -0.2) is 5.84 Å². The summed E-state index contributed by atoms with van der Waals surface area (Å²) < 4.78 is 5.25. The van der Waals surface area contributed by atoms with Crippen molar-refractivity contribution in [2.45, 2.75) is 12.8 Å². The van der Waals surface area contributed by atoms with Gasteiger partial charge in [-0.15, -0.1) is 0 Å². The van der Waals surface area contributed by atoms with E-state index in [1.165, 1.54) is 0 Å². The van der Waals surface area contributed by atoms with Crippen molar-refractivity contribution < 1.29 is 9.53 Å². The normalized spacial score (nSPS) is 9.93. The standard InChI is InChI=1S/C10H15N3O2/c11-13-10(14)5-8-15-7-4-9-3-1-2-6-12-9/h1-3,6H,4-5,7-8,11H2,(H,13,14). The number of amides is 1. The predicted molar refractivity (Wildman–Crippen MR) is 55.7 cm³/mol. The van der Waals surface area contributed by atoms with Crippen molar-refractivity contribution in [2.24, 2.45) is 5.84 Å². The molecule has 5 nitrogen and oxygen atoms in total. The molecule has 0 aromatic carbocycles. The Bertz CT molecular complexity index is 290. The lowest BCUT2D eigenvalue weighted by Gasteiger charge is -2.03. The zero-order chi connectivity index (χ0) is 10.9. The van der Waals surface area contributed by atoms with E-state index >= 15 is 0 Å². The highest BCUT2D eigenvalue weighted by Gasteiger charge is 1.98. The van der Waals surface area contributed by atoms with E-state index in [0.717, 1.165) is 12.1 Å². The summed E-state index contributed by atoms with van der Waals surface area (Å²) in [6.07, 6.45) is 2.79. The summed E-state index contributed by atoms with van der Waals surface area (Å²) in [6, 6.07) is 5.75. The van der Waals surface area contributed by atoms with Crippen molar-refractivity contribution in [3.8, 4) is 0 Å². The lowest BCUT2D eigenvalue weighted by atomic mass is 10.3. The van der Waals surface area contributed by atoms with Crippen LogP contribution in [0.4, 0.5) is 0 Å². The molecule has 5 heteroatoms. The van der Waals surface area contributed by atoms with E-state index in [-0.39, 0.29) is 5.91 Å². The van der Waals surface area contributed by atoms with Crippen molar-refractivity contribution in [3.63, 3.8) is 0 Å². The third kappa shape index (κ3) is 5.09. The Hall–Kier alpha value is -1.46. The summed E-state index contributed by atoms with van der Waals surface area (Å²) in [5.74, 6) is 4.70. The smallest absolute Gasteiger partial charge is 0.236 e. The van der Waals surface area contributed by atoms with Crippen molar-refractivity contribution in [1.29, 1.82) is 0 Å². The summed E-state index contributed by atoms with van der Waals surface area (Å²) in [5, 5.41) is 0. The van der Waals surface area contributed by atoms with E-state index in [9.17, 15) is 4.79 Å². The number of aromatic nitrogens is 1. The fourth-order valence-electron chi connectivity index (χ4n) is 1.06. The van der Waals surface area contributed by atoms with Crippen LogP contribution < -0.4 is 11.3 Å². The molecule has 1 aromatic heterocycles. The molecule has 1 aromatic rings. The van der Waals surface area contributed by atoms with E-state index < -0.39 is 0 Å². The molecular formula is C10H15N3O2. The molecule has 1 amide bonds. The Balaban J connectivity index is 2.05. The molecule has 0 radical (unpaired) electrons. The number of ether oxygens (including phenoxy) is 1. The van der Waals surface area contributed by atoms with Crippen LogP contribution in [-0.4, -0.2) is 24.1 Å². The molecule has 0 aliphatic rings. The van der Waals surface area contributed by atoms with Gasteiger partial charge in [0.1, 0.15) is 0 Å². The third-order valence-electron chi connectivity index (χ3n) is 1.86. The lowest BCUT2D eigenvalue weighted by molar-refractivity contribution is -0.122. The number of hydrazine groups is 1. The Labute approximate surface area is 88.6 Å². The van der Waals surface area contributed by atoms with Gasteiger partial charge in [0.15, 0.2) is 0 Å². The van der Waals surface area contributed by atoms with Gasteiger partial charge in [0.25, 0.3) is 0 Å². The Morgan fingerprint density at radius 2 is 2.33 bits per heavy atom. The van der Waals surface area contributed by atoms with Crippen LogP contribution in [0.2, 0.25) is 0 Å². The zero-order valence-electron chi connectivity index (χ0n) is 8.48. The van der Waals surface area contributed by atoms with Gasteiger partial charge in [-0.2, -0.15) is 0 Å². The van der Waals surface area contributed by atoms with Gasteiger partial charge in [-0.3, -0.25) is 15.2 Å². The molecular weight excluding hydrogens is 194 g/mol. The quantitative estimate of drug-likeness (QED) is 0.300. The highest BCUT2D eigenvalue weighted by molar-refractivity contribution is 5.75. The SMILES string of the molecule is NNC(=O)CCOCCc1ccccn1. The van der Waals surface area contributed by atoms with Crippen molar-refractivity contribution >= 4 is 5.91 Å². The largest absolute Gasteiger partial charge is 0.381 e. The maximum atomic E-state index is 10.7. The molecule has 0 aliphatic heterocycles. The van der Waals surface area contributed by atoms with Crippen LogP contribution in [-0.2, 0) is 16.0 Å². The number of nitrogens with zero attached hydrogens (tertiary/aromatic N) is 1. The molecule has 0 spiro atoms. The fraction of sp³-hybridized carbons (Fsp3) is 0.400. The van der Waals surface area contributed by atoms with Gasteiger partial charge >= 0.3 is 0 Å². The molecule has 0 saturated heterocycles. The topological polar surface area (TPSA) is 77.2 Å². The monoisotopic (exact) mass is 209 g/mol. The Kier molecular flexibility index (Phi) is 5.35. The molecule has 3 N–H and O–H groups in total. The van der Waals surface area contributed by atoms with Gasteiger partial charge in [0.05, 0.1) is 19.6 Å². The van der Waals surface area contributed by atoms with Crippen molar-refractivity contribution in [2.75, 3.05) is 13.2 Å². The molecule has 0 saturated carbocycles. The van der Waals surface area contributed by atoms with E-state index in [1.54, 1.807) is 6.20 Å². The molecule has 1 rings (SSSR count). The van der Waals surface area contributed by atoms with Crippen LogP contribution >= 0.6 is 0 Å². The molecule has 0 fully saturated rings. The fourth-order valence-corrected chi connectivity index (χ4v) is 1.06. The second-order valence-electron chi connectivity index (χ2n) is 3.00.